The van der Waals surface area contributed by atoms with E-state index in [1.807, 2.05) is 60.4 Å². The second-order valence-electron chi connectivity index (χ2n) is 14.5. The van der Waals surface area contributed by atoms with Gasteiger partial charge >= 0.3 is 0 Å². The highest BCUT2D eigenvalue weighted by Gasteiger charge is 2.40. The molecule has 2 saturated heterocycles. The van der Waals surface area contributed by atoms with E-state index in [0.717, 1.165) is 106 Å². The van der Waals surface area contributed by atoms with Gasteiger partial charge in [-0.15, -0.1) is 21.5 Å². The van der Waals surface area contributed by atoms with Gasteiger partial charge in [-0.05, 0) is 56.5 Å². The summed E-state index contributed by atoms with van der Waals surface area (Å²) in [6.07, 6.45) is 5.39. The molecular weight excluding hydrogens is 748 g/mol. The Bertz CT molecular complexity index is 2480. The Kier molecular flexibility index (Phi) is 9.52. The fourth-order valence-electron chi connectivity index (χ4n) is 8.11. The quantitative estimate of drug-likeness (QED) is 0.188. The molecule has 0 aliphatic carbocycles. The van der Waals surface area contributed by atoms with Crippen molar-refractivity contribution in [3.63, 3.8) is 0 Å². The zero-order valence-corrected chi connectivity index (χ0v) is 32.7. The van der Waals surface area contributed by atoms with Crippen LogP contribution in [0, 0.1) is 25.7 Å². The normalized spacial score (nSPS) is 18.2. The number of carbonyl (C=O) groups is 3. The second-order valence-corrected chi connectivity index (χ2v) is 16.0. The molecule has 0 radical (unpaired) electrons. The molecule has 56 heavy (non-hydrogen) atoms. The van der Waals surface area contributed by atoms with Crippen molar-refractivity contribution in [2.75, 3.05) is 37.6 Å². The first-order valence-corrected chi connectivity index (χ1v) is 20.0. The van der Waals surface area contributed by atoms with Crippen molar-refractivity contribution < 1.29 is 14.4 Å². The minimum Gasteiger partial charge on any atom is -0.369 e. The van der Waals surface area contributed by atoms with Crippen molar-refractivity contribution in [3.8, 4) is 16.8 Å². The fraction of sp³-hybridized carbons (Fsp3) is 0.341. The fourth-order valence-corrected chi connectivity index (χ4v) is 9.47. The molecule has 13 nitrogen and oxygen atoms in total. The summed E-state index contributed by atoms with van der Waals surface area (Å²) in [5.41, 5.74) is 7.53. The van der Waals surface area contributed by atoms with Crippen molar-refractivity contribution >= 4 is 52.1 Å². The van der Waals surface area contributed by atoms with Gasteiger partial charge in [0.15, 0.2) is 5.82 Å². The number of aliphatic imine (C=N–C) groups is 1. The minimum atomic E-state index is -0.616. The first-order chi connectivity index (χ1) is 27.2. The molecule has 2 fully saturated rings. The SMILES string of the molecule is Cc1c(C#Cc2cnn(CCCN3CCN(c4cccc5c4CN(C4CCC(=O)NC4=O)C5=O)CC3)c2)sc2c1C(c1ccc(Cl)cc1)=NCc1nnc(C)n1-2. The highest BCUT2D eigenvalue weighted by molar-refractivity contribution is 7.15. The molecule has 0 bridgehead atoms. The van der Waals surface area contributed by atoms with Gasteiger partial charge in [-0.25, -0.2) is 0 Å². The highest BCUT2D eigenvalue weighted by atomic mass is 35.5. The van der Waals surface area contributed by atoms with Crippen molar-refractivity contribution in [2.45, 2.75) is 58.8 Å². The summed E-state index contributed by atoms with van der Waals surface area (Å²) in [7, 11) is 0. The number of benzene rings is 2. The number of anilines is 1. The molecule has 1 atom stereocenters. The first kappa shape index (κ1) is 36.0. The number of thiophene rings is 1. The summed E-state index contributed by atoms with van der Waals surface area (Å²) in [5.74, 6) is 7.59. The van der Waals surface area contributed by atoms with Gasteiger partial charge in [0.05, 0.1) is 22.3 Å². The van der Waals surface area contributed by atoms with Gasteiger partial charge in [0.1, 0.15) is 23.4 Å². The summed E-state index contributed by atoms with van der Waals surface area (Å²) >= 11 is 7.84. The summed E-state index contributed by atoms with van der Waals surface area (Å²) in [5, 5.41) is 17.4. The Labute approximate surface area is 333 Å². The molecule has 284 valence electrons. The third-order valence-corrected chi connectivity index (χ3v) is 12.5. The number of aryl methyl sites for hydroxylation is 2. The number of imide groups is 1. The van der Waals surface area contributed by atoms with Crippen LogP contribution in [0.25, 0.3) is 5.00 Å². The van der Waals surface area contributed by atoms with Gasteiger partial charge in [0.25, 0.3) is 5.91 Å². The molecule has 0 spiro atoms. The Morgan fingerprint density at radius 1 is 0.982 bits per heavy atom. The van der Waals surface area contributed by atoms with Crippen molar-refractivity contribution in [3.05, 3.63) is 110 Å². The van der Waals surface area contributed by atoms with E-state index in [4.69, 9.17) is 16.6 Å². The lowest BCUT2D eigenvalue weighted by atomic mass is 10.00. The predicted molar refractivity (Wildman–Crippen MR) is 213 cm³/mol. The molecule has 5 aromatic rings. The van der Waals surface area contributed by atoms with Crippen LogP contribution < -0.4 is 10.2 Å². The van der Waals surface area contributed by atoms with Crippen LogP contribution in [0.2, 0.25) is 5.02 Å². The number of halogens is 1. The second kappa shape index (κ2) is 14.8. The number of piperidine rings is 1. The zero-order valence-electron chi connectivity index (χ0n) is 31.1. The molecule has 3 aromatic heterocycles. The van der Waals surface area contributed by atoms with E-state index >= 15 is 0 Å². The smallest absolute Gasteiger partial charge is 0.255 e. The van der Waals surface area contributed by atoms with Crippen LogP contribution in [0.15, 0.2) is 59.9 Å². The lowest BCUT2D eigenvalue weighted by Gasteiger charge is -2.37. The summed E-state index contributed by atoms with van der Waals surface area (Å²) in [6, 6.07) is 13.0. The van der Waals surface area contributed by atoms with Crippen molar-refractivity contribution in [1.29, 1.82) is 0 Å². The van der Waals surface area contributed by atoms with Gasteiger partial charge < -0.3 is 9.80 Å². The van der Waals surface area contributed by atoms with E-state index in [2.05, 4.69) is 59.8 Å². The van der Waals surface area contributed by atoms with Crippen LogP contribution >= 0.6 is 22.9 Å². The maximum Gasteiger partial charge on any atom is 0.255 e. The highest BCUT2D eigenvalue weighted by Crippen LogP contribution is 2.37. The van der Waals surface area contributed by atoms with Gasteiger partial charge in [-0.3, -0.25) is 38.8 Å². The number of amides is 3. The number of hydrogen-bond donors (Lipinski definition) is 1. The van der Waals surface area contributed by atoms with Gasteiger partial charge in [-0.2, -0.15) is 5.10 Å². The summed E-state index contributed by atoms with van der Waals surface area (Å²) in [4.78, 5) is 49.9. The minimum absolute atomic E-state index is 0.140. The molecule has 15 heteroatoms. The first-order valence-electron chi connectivity index (χ1n) is 18.9. The van der Waals surface area contributed by atoms with E-state index in [1.165, 1.54) is 0 Å². The number of rotatable bonds is 7. The summed E-state index contributed by atoms with van der Waals surface area (Å²) in [6.45, 7) is 10.1. The number of piperazine rings is 1. The van der Waals surface area contributed by atoms with E-state index < -0.39 is 6.04 Å². The number of aromatic nitrogens is 5. The van der Waals surface area contributed by atoms with E-state index in [-0.39, 0.29) is 24.1 Å². The lowest BCUT2D eigenvalue weighted by molar-refractivity contribution is -0.136. The number of fused-ring (bicyclic) bond motifs is 4. The Hall–Kier alpha value is -5.62. The van der Waals surface area contributed by atoms with Gasteiger partial charge in [0, 0.05) is 91.4 Å². The van der Waals surface area contributed by atoms with Crippen LogP contribution in [0.5, 0.6) is 0 Å². The number of nitrogens with zero attached hydrogens (tertiary/aromatic N) is 9. The average Bonchev–Trinajstić information content (AvgIpc) is 3.95. The monoisotopic (exact) mass is 786 g/mol. The van der Waals surface area contributed by atoms with Gasteiger partial charge in [0.2, 0.25) is 11.8 Å². The largest absolute Gasteiger partial charge is 0.369 e. The van der Waals surface area contributed by atoms with Crippen LogP contribution in [-0.4, -0.2) is 96.5 Å². The number of hydrogen-bond acceptors (Lipinski definition) is 10. The molecule has 1 unspecified atom stereocenters. The van der Waals surface area contributed by atoms with Crippen LogP contribution in [0.4, 0.5) is 5.69 Å². The van der Waals surface area contributed by atoms with Gasteiger partial charge in [-0.1, -0.05) is 41.6 Å². The lowest BCUT2D eigenvalue weighted by Crippen LogP contribution is -2.52. The van der Waals surface area contributed by atoms with Crippen molar-refractivity contribution in [1.82, 2.24) is 39.7 Å². The topological polar surface area (TPSA) is 134 Å². The molecule has 4 aliphatic rings. The van der Waals surface area contributed by atoms with Crippen LogP contribution in [0.3, 0.4) is 0 Å². The van der Waals surface area contributed by atoms with Crippen molar-refractivity contribution in [2.24, 2.45) is 4.99 Å². The molecule has 0 saturated carbocycles. The molecule has 4 aliphatic heterocycles. The molecule has 1 N–H and O–H groups in total. The standard InChI is InChI=1S/C41H39ClN10O3S/c1-25-34(56-41-37(25)38(28-8-10-29(42)11-9-28)43-22-35-47-46-26(2)52(35)41)13-7-27-21-44-50(23-27)16-4-15-48-17-19-49(20-18-48)32-6-3-5-30-31(32)24-51(40(30)55)33-12-14-36(53)45-39(33)54/h3,5-6,8-11,21,23,33H,4,12,14-20,22,24H2,1-2H3,(H,45,53,54). The third-order valence-electron chi connectivity index (χ3n) is 11.0. The Morgan fingerprint density at radius 2 is 1.80 bits per heavy atom. The number of carbonyl (C=O) groups excluding carboxylic acids is 3. The summed E-state index contributed by atoms with van der Waals surface area (Å²) < 4.78 is 4.06. The molecule has 7 heterocycles. The van der Waals surface area contributed by atoms with E-state index in [9.17, 15) is 14.4 Å². The maximum atomic E-state index is 13.3. The van der Waals surface area contributed by atoms with Crippen LogP contribution in [0.1, 0.15) is 74.0 Å². The Balaban J connectivity index is 0.819. The molecular formula is C41H39ClN10O3S. The molecule has 3 amide bonds. The predicted octanol–water partition coefficient (Wildman–Crippen LogP) is 4.52. The van der Waals surface area contributed by atoms with Crippen LogP contribution in [-0.2, 0) is 29.2 Å². The average molecular weight is 787 g/mol. The maximum absolute atomic E-state index is 13.3. The molecule has 9 rings (SSSR count). The molecule has 2 aromatic carbocycles. The van der Waals surface area contributed by atoms with E-state index in [1.54, 1.807) is 16.2 Å². The van der Waals surface area contributed by atoms with E-state index in [0.29, 0.717) is 30.1 Å². The zero-order chi connectivity index (χ0) is 38.5. The third kappa shape index (κ3) is 6.69. The Morgan fingerprint density at radius 3 is 2.61 bits per heavy atom. The number of nitrogens with one attached hydrogen (secondary N) is 1.